The molecule has 0 aliphatic heterocycles. The van der Waals surface area contributed by atoms with Gasteiger partial charge in [-0.15, -0.1) is 0 Å². The van der Waals surface area contributed by atoms with Crippen molar-refractivity contribution in [2.24, 2.45) is 23.7 Å². The van der Waals surface area contributed by atoms with Gasteiger partial charge in [-0.25, -0.2) is 0 Å². The van der Waals surface area contributed by atoms with E-state index in [1.165, 1.54) is 437 Å². The van der Waals surface area contributed by atoms with Crippen molar-refractivity contribution in [2.45, 2.75) is 437 Å². The number of thiocarbonyl (C=S) groups is 4. The molecule has 0 unspecified atom stereocenters. The first-order valence-corrected chi connectivity index (χ1v) is 44.2. The molecule has 4 saturated carbocycles. The Labute approximate surface area is 639 Å². The third kappa shape index (κ3) is 75.6. The van der Waals surface area contributed by atoms with Crippen LogP contribution in [0, 0.1) is 23.7 Å². The van der Waals surface area contributed by atoms with Gasteiger partial charge < -0.3 is 121 Å². The molecule has 0 amide bonds. The minimum atomic E-state index is 0. The van der Waals surface area contributed by atoms with E-state index in [0.717, 1.165) is 49.9 Å². The van der Waals surface area contributed by atoms with Crippen molar-refractivity contribution in [1.29, 1.82) is 0 Å². The third-order valence-electron chi connectivity index (χ3n) is 21.1. The fraction of sp³-hybridized carbons (Fsp3) is 0.950. The summed E-state index contributed by atoms with van der Waals surface area (Å²) >= 11 is 38.6. The number of rotatable bonds is 56. The summed E-state index contributed by atoms with van der Waals surface area (Å²) in [5, 5.41) is 12.2. The van der Waals surface area contributed by atoms with Gasteiger partial charge in [-0.3, -0.25) is 0 Å². The number of hydrogen-bond donors (Lipinski definition) is 4. The zero-order chi connectivity index (χ0) is 66.4. The molecule has 93 heavy (non-hydrogen) atoms. The summed E-state index contributed by atoms with van der Waals surface area (Å²) in [6.45, 7) is 3.85. The first kappa shape index (κ1) is 94.1. The molecule has 0 spiro atoms. The van der Waals surface area contributed by atoms with Gasteiger partial charge in [0.1, 0.15) is 0 Å². The van der Waals surface area contributed by atoms with Crippen LogP contribution in [0.3, 0.4) is 0 Å². The van der Waals surface area contributed by atoms with Crippen molar-refractivity contribution in [3.63, 3.8) is 0 Å². The Balaban J connectivity index is 0.00000121. The molecule has 13 heteroatoms. The fourth-order valence-corrected chi connectivity index (χ4v) is 16.1. The van der Waals surface area contributed by atoms with Gasteiger partial charge in [0.15, 0.2) is 0 Å². The van der Waals surface area contributed by atoms with Gasteiger partial charge in [-0.2, -0.15) is 0 Å². The Morgan fingerprint density at radius 2 is 0.312 bits per heavy atom. The maximum absolute atomic E-state index is 4.82. The van der Waals surface area contributed by atoms with Crippen molar-refractivity contribution in [2.75, 3.05) is 26.2 Å². The van der Waals surface area contributed by atoms with Gasteiger partial charge in [0.25, 0.3) is 0 Å². The number of hydrogen-bond acceptors (Lipinski definition) is 8. The SMILES string of the molecule is S=C([S-])NCCCCCCCCCCCCCC1CCCCC1.S=C([S-])NCCCCCCCCCCCCCC1CCCCC1.S=C([S-])NCCCCCCCCCCCCCC1CCCCC1.S=C([S-])NCCCCCCCCCCCCCC1CCCCC1.[Mo+4]. The minimum Gasteiger partial charge on any atom is -0.412 e. The molecule has 0 aromatic heterocycles. The summed E-state index contributed by atoms with van der Waals surface area (Å²) < 4.78 is 2.07. The molecule has 4 fully saturated rings. The second-order valence-electron chi connectivity index (χ2n) is 29.6. The Morgan fingerprint density at radius 3 is 0.441 bits per heavy atom. The van der Waals surface area contributed by atoms with Crippen molar-refractivity contribution < 1.29 is 21.1 Å². The predicted molar refractivity (Wildman–Crippen MR) is 440 cm³/mol. The quantitative estimate of drug-likeness (QED) is 0.0203. The molecule has 4 aliphatic carbocycles. The smallest absolute Gasteiger partial charge is 0.412 e. The van der Waals surface area contributed by atoms with Crippen molar-refractivity contribution in [1.82, 2.24) is 21.3 Å². The zero-order valence-electron chi connectivity index (χ0n) is 60.9. The van der Waals surface area contributed by atoms with Crippen LogP contribution in [0.4, 0.5) is 0 Å². The topological polar surface area (TPSA) is 48.1 Å². The standard InChI is InChI=1S/4C20H39NS2.Mo/c4*22-20(23)21-18-14-9-7-5-3-1-2-4-6-8-11-15-19-16-12-10-13-17-19;/h4*19H,1-18H2,(H2,21,22,23);/q;;;;+4/p-4. The molecular weight excluding hydrogens is 1370 g/mol. The summed E-state index contributed by atoms with van der Waals surface area (Å²) in [5.74, 6) is 4.34. The molecule has 4 nitrogen and oxygen atoms in total. The molecule has 0 radical (unpaired) electrons. The molecule has 0 bridgehead atoms. The van der Waals surface area contributed by atoms with Gasteiger partial charge in [-0.1, -0.05) is 428 Å². The van der Waals surface area contributed by atoms with Crippen LogP contribution in [-0.2, 0) is 71.6 Å². The molecule has 546 valence electrons. The summed E-state index contributed by atoms with van der Waals surface area (Å²) in [6.07, 6.45) is 98.3. The van der Waals surface area contributed by atoms with Crippen LogP contribution >= 0.6 is 48.9 Å². The molecule has 0 heterocycles. The van der Waals surface area contributed by atoms with Crippen LogP contribution in [0.15, 0.2) is 0 Å². The molecule has 0 saturated heterocycles. The van der Waals surface area contributed by atoms with E-state index in [9.17, 15) is 0 Å². The van der Waals surface area contributed by atoms with Gasteiger partial charge in [0.05, 0.1) is 0 Å². The zero-order valence-corrected chi connectivity index (χ0v) is 69.4. The summed E-state index contributed by atoms with van der Waals surface area (Å²) in [7, 11) is 0. The van der Waals surface area contributed by atoms with Crippen LogP contribution in [-0.4, -0.2) is 43.5 Å². The molecular formula is C80H152MoN4S8. The van der Waals surface area contributed by atoms with E-state index in [0.29, 0.717) is 17.3 Å². The number of nitrogens with one attached hydrogen (secondary N) is 4. The van der Waals surface area contributed by atoms with Crippen molar-refractivity contribution >= 4 is 117 Å². The second-order valence-corrected chi connectivity index (χ2v) is 33.9. The van der Waals surface area contributed by atoms with E-state index in [1.807, 2.05) is 0 Å². The van der Waals surface area contributed by atoms with E-state index >= 15 is 0 Å². The maximum atomic E-state index is 4.82. The second kappa shape index (κ2) is 77.3. The Kier molecular flexibility index (Phi) is 78.2. The van der Waals surface area contributed by atoms with E-state index in [2.05, 4.69) is 21.3 Å². The van der Waals surface area contributed by atoms with Crippen LogP contribution in [0.2, 0.25) is 0 Å². The predicted octanol–water partition coefficient (Wildman–Crippen LogP) is 26.7. The van der Waals surface area contributed by atoms with Gasteiger partial charge in [0, 0.05) is 26.2 Å². The molecule has 0 aromatic rings. The van der Waals surface area contributed by atoms with Crippen LogP contribution in [0.5, 0.6) is 0 Å². The monoisotopic (exact) mass is 1520 g/mol. The van der Waals surface area contributed by atoms with Crippen molar-refractivity contribution in [3.05, 3.63) is 0 Å². The van der Waals surface area contributed by atoms with E-state index < -0.39 is 0 Å². The maximum Gasteiger partial charge on any atom is 4.00 e. The number of unbranched alkanes of at least 4 members (excludes halogenated alkanes) is 40. The van der Waals surface area contributed by atoms with Crippen LogP contribution in [0.1, 0.15) is 437 Å². The normalized spacial score (nSPS) is 15.5. The van der Waals surface area contributed by atoms with Crippen molar-refractivity contribution in [3.8, 4) is 0 Å². The average Bonchev–Trinajstić information content (AvgIpc) is 3.73. The van der Waals surface area contributed by atoms with Gasteiger partial charge in [-0.05, 0) is 49.4 Å². The molecule has 4 N–H and O–H groups in total. The molecule has 4 rings (SSSR count). The third-order valence-corrected chi connectivity index (χ3v) is 22.3. The molecule has 0 aromatic carbocycles. The first-order chi connectivity index (χ1) is 45.2. The van der Waals surface area contributed by atoms with Crippen LogP contribution in [0.25, 0.3) is 0 Å². The minimum absolute atomic E-state index is 0. The molecule has 0 atom stereocenters. The summed E-state index contributed by atoms with van der Waals surface area (Å²) in [4.78, 5) is 0. The van der Waals surface area contributed by atoms with Crippen LogP contribution < -0.4 is 21.3 Å². The van der Waals surface area contributed by atoms with Gasteiger partial charge in [0.2, 0.25) is 0 Å². The fourth-order valence-electron chi connectivity index (χ4n) is 15.3. The van der Waals surface area contributed by atoms with E-state index in [1.54, 1.807) is 0 Å². The Morgan fingerprint density at radius 1 is 0.194 bits per heavy atom. The first-order valence-electron chi connectivity index (χ1n) is 40.9. The van der Waals surface area contributed by atoms with E-state index in [-0.39, 0.29) is 21.1 Å². The summed E-state index contributed by atoms with van der Waals surface area (Å²) in [6, 6.07) is 0. The Bertz CT molecular complexity index is 1330. The Hall–Kier alpha value is 1.13. The van der Waals surface area contributed by atoms with E-state index in [4.69, 9.17) is 99.4 Å². The van der Waals surface area contributed by atoms with Gasteiger partial charge >= 0.3 is 21.1 Å². The largest absolute Gasteiger partial charge is 4.00 e. The average molecular weight is 1520 g/mol. The molecule has 4 aliphatic rings. The summed E-state index contributed by atoms with van der Waals surface area (Å²) in [5.41, 5.74) is 0.